The van der Waals surface area contributed by atoms with E-state index < -0.39 is 0 Å². The molecule has 3 heteroatoms. The van der Waals surface area contributed by atoms with E-state index in [0.717, 1.165) is 18.3 Å². The summed E-state index contributed by atoms with van der Waals surface area (Å²) in [4.78, 5) is 1.22. The van der Waals surface area contributed by atoms with Crippen LogP contribution in [-0.4, -0.2) is 19.4 Å². The molecular weight excluding hydrogens is 206 g/mol. The molecule has 1 aromatic rings. The predicted octanol–water partition coefficient (Wildman–Crippen LogP) is 2.67. The quantitative estimate of drug-likeness (QED) is 0.775. The maximum Gasteiger partial charge on any atom is 0.132 e. The van der Waals surface area contributed by atoms with E-state index in [-0.39, 0.29) is 0 Å². The highest BCUT2D eigenvalue weighted by molar-refractivity contribution is 7.98. The summed E-state index contributed by atoms with van der Waals surface area (Å²) in [6.45, 7) is 0.974. The van der Waals surface area contributed by atoms with Crippen LogP contribution in [0.1, 0.15) is 18.4 Å². The lowest BCUT2D eigenvalue weighted by atomic mass is 10.2. The largest absolute Gasteiger partial charge is 0.496 e. The maximum atomic E-state index is 5.29. The van der Waals surface area contributed by atoms with Crippen molar-refractivity contribution >= 4 is 11.8 Å². The maximum absolute atomic E-state index is 5.29. The van der Waals surface area contributed by atoms with Crippen molar-refractivity contribution in [3.8, 4) is 5.75 Å². The summed E-state index contributed by atoms with van der Waals surface area (Å²) in [7, 11) is 1.72. The summed E-state index contributed by atoms with van der Waals surface area (Å²) in [5.74, 6) is 0.970. The summed E-state index contributed by atoms with van der Waals surface area (Å²) in [6.07, 6.45) is 4.76. The third-order valence-electron chi connectivity index (χ3n) is 2.62. The summed E-state index contributed by atoms with van der Waals surface area (Å²) >= 11 is 1.73. The number of rotatable bonds is 5. The Bertz CT molecular complexity index is 336. The molecular formula is C12H17NOS. The molecule has 0 heterocycles. The molecule has 2 nitrogen and oxygen atoms in total. The average molecular weight is 223 g/mol. The standard InChI is InChI=1S/C12H17NOS/c1-14-11-6-3-9(7-12(11)15-2)8-13-10-4-5-10/h3,6-7,10,13H,4-5,8H2,1-2H3. The summed E-state index contributed by atoms with van der Waals surface area (Å²) in [6, 6.07) is 7.16. The second-order valence-corrected chi connectivity index (χ2v) is 4.69. The lowest BCUT2D eigenvalue weighted by Gasteiger charge is -2.09. The Balaban J connectivity index is 2.03. The van der Waals surface area contributed by atoms with Crippen LogP contribution in [0.4, 0.5) is 0 Å². The van der Waals surface area contributed by atoms with Crippen molar-refractivity contribution in [3.63, 3.8) is 0 Å². The van der Waals surface area contributed by atoms with Crippen molar-refractivity contribution < 1.29 is 4.74 Å². The highest BCUT2D eigenvalue weighted by Crippen LogP contribution is 2.28. The van der Waals surface area contributed by atoms with Gasteiger partial charge in [0.1, 0.15) is 5.75 Å². The van der Waals surface area contributed by atoms with Gasteiger partial charge in [-0.3, -0.25) is 0 Å². The zero-order valence-corrected chi connectivity index (χ0v) is 10.1. The van der Waals surface area contributed by atoms with Crippen LogP contribution in [0.2, 0.25) is 0 Å². The molecule has 1 fully saturated rings. The summed E-state index contributed by atoms with van der Waals surface area (Å²) < 4.78 is 5.29. The van der Waals surface area contributed by atoms with Crippen LogP contribution in [0, 0.1) is 0 Å². The van der Waals surface area contributed by atoms with Gasteiger partial charge in [0.15, 0.2) is 0 Å². The first-order chi connectivity index (χ1) is 7.33. The Morgan fingerprint density at radius 1 is 1.47 bits per heavy atom. The number of hydrogen-bond donors (Lipinski definition) is 1. The van der Waals surface area contributed by atoms with Gasteiger partial charge in [0.05, 0.1) is 7.11 Å². The molecule has 1 saturated carbocycles. The third kappa shape index (κ3) is 2.89. The lowest BCUT2D eigenvalue weighted by molar-refractivity contribution is 0.404. The van der Waals surface area contributed by atoms with Crippen molar-refractivity contribution in [2.45, 2.75) is 30.3 Å². The van der Waals surface area contributed by atoms with Crippen molar-refractivity contribution in [2.75, 3.05) is 13.4 Å². The van der Waals surface area contributed by atoms with Gasteiger partial charge < -0.3 is 10.1 Å². The molecule has 2 rings (SSSR count). The zero-order valence-electron chi connectivity index (χ0n) is 9.25. The average Bonchev–Trinajstić information content (AvgIpc) is 3.09. The van der Waals surface area contributed by atoms with Crippen LogP contribution >= 0.6 is 11.8 Å². The van der Waals surface area contributed by atoms with Crippen molar-refractivity contribution in [3.05, 3.63) is 23.8 Å². The number of methoxy groups -OCH3 is 1. The number of hydrogen-bond acceptors (Lipinski definition) is 3. The van der Waals surface area contributed by atoms with Crippen LogP contribution in [-0.2, 0) is 6.54 Å². The normalized spacial score (nSPS) is 15.3. The molecule has 15 heavy (non-hydrogen) atoms. The third-order valence-corrected chi connectivity index (χ3v) is 3.38. The Morgan fingerprint density at radius 2 is 2.27 bits per heavy atom. The molecule has 0 radical (unpaired) electrons. The highest BCUT2D eigenvalue weighted by Gasteiger charge is 2.19. The van der Waals surface area contributed by atoms with Crippen LogP contribution in [0.25, 0.3) is 0 Å². The van der Waals surface area contributed by atoms with Gasteiger partial charge in [-0.25, -0.2) is 0 Å². The molecule has 0 saturated heterocycles. The fourth-order valence-corrected chi connectivity index (χ4v) is 2.16. The smallest absolute Gasteiger partial charge is 0.132 e. The first kappa shape index (κ1) is 10.8. The van der Waals surface area contributed by atoms with Gasteiger partial charge in [-0.15, -0.1) is 11.8 Å². The van der Waals surface area contributed by atoms with E-state index in [9.17, 15) is 0 Å². The number of ether oxygens (including phenoxy) is 1. The lowest BCUT2D eigenvalue weighted by Crippen LogP contribution is -2.15. The van der Waals surface area contributed by atoms with Crippen LogP contribution in [0.3, 0.4) is 0 Å². The minimum absolute atomic E-state index is 0.768. The molecule has 1 N–H and O–H groups in total. The van der Waals surface area contributed by atoms with Gasteiger partial charge in [0, 0.05) is 17.5 Å². The first-order valence-corrected chi connectivity index (χ1v) is 6.50. The van der Waals surface area contributed by atoms with Crippen LogP contribution < -0.4 is 10.1 Å². The molecule has 0 unspecified atom stereocenters. The van der Waals surface area contributed by atoms with E-state index in [0.29, 0.717) is 0 Å². The van der Waals surface area contributed by atoms with Crippen LogP contribution in [0.5, 0.6) is 5.75 Å². The minimum atomic E-state index is 0.768. The highest BCUT2D eigenvalue weighted by atomic mass is 32.2. The molecule has 0 aliphatic heterocycles. The molecule has 0 atom stereocenters. The van der Waals surface area contributed by atoms with E-state index in [1.807, 2.05) is 0 Å². The fourth-order valence-electron chi connectivity index (χ4n) is 1.54. The van der Waals surface area contributed by atoms with Crippen molar-refractivity contribution in [1.29, 1.82) is 0 Å². The summed E-state index contributed by atoms with van der Waals surface area (Å²) in [5.41, 5.74) is 1.34. The zero-order chi connectivity index (χ0) is 10.7. The minimum Gasteiger partial charge on any atom is -0.496 e. The topological polar surface area (TPSA) is 21.3 Å². The predicted molar refractivity (Wildman–Crippen MR) is 64.6 cm³/mol. The number of thioether (sulfide) groups is 1. The second-order valence-electron chi connectivity index (χ2n) is 3.84. The Morgan fingerprint density at radius 3 is 2.87 bits per heavy atom. The van der Waals surface area contributed by atoms with Crippen molar-refractivity contribution in [1.82, 2.24) is 5.32 Å². The Kier molecular flexibility index (Phi) is 3.54. The van der Waals surface area contributed by atoms with Crippen LogP contribution in [0.15, 0.2) is 23.1 Å². The first-order valence-electron chi connectivity index (χ1n) is 5.28. The van der Waals surface area contributed by atoms with Gasteiger partial charge in [-0.05, 0) is 36.8 Å². The van der Waals surface area contributed by atoms with Gasteiger partial charge >= 0.3 is 0 Å². The Labute approximate surface area is 95.4 Å². The summed E-state index contributed by atoms with van der Waals surface area (Å²) in [5, 5.41) is 3.51. The molecule has 1 aromatic carbocycles. The molecule has 1 aliphatic rings. The molecule has 0 amide bonds. The molecule has 0 aromatic heterocycles. The van der Waals surface area contributed by atoms with E-state index >= 15 is 0 Å². The number of benzene rings is 1. The van der Waals surface area contributed by atoms with Gasteiger partial charge in [0.2, 0.25) is 0 Å². The van der Waals surface area contributed by atoms with Gasteiger partial charge in [-0.1, -0.05) is 6.07 Å². The molecule has 0 bridgehead atoms. The van der Waals surface area contributed by atoms with Gasteiger partial charge in [-0.2, -0.15) is 0 Å². The van der Waals surface area contributed by atoms with E-state index in [4.69, 9.17) is 4.74 Å². The van der Waals surface area contributed by atoms with E-state index in [2.05, 4.69) is 29.8 Å². The Hall–Kier alpha value is -0.670. The van der Waals surface area contributed by atoms with Crippen molar-refractivity contribution in [2.24, 2.45) is 0 Å². The van der Waals surface area contributed by atoms with E-state index in [1.54, 1.807) is 18.9 Å². The van der Waals surface area contributed by atoms with E-state index in [1.165, 1.54) is 23.3 Å². The molecule has 1 aliphatic carbocycles. The molecule has 82 valence electrons. The second kappa shape index (κ2) is 4.90. The monoisotopic (exact) mass is 223 g/mol. The molecule has 0 spiro atoms. The van der Waals surface area contributed by atoms with Gasteiger partial charge in [0.25, 0.3) is 0 Å². The SMILES string of the molecule is COc1ccc(CNC2CC2)cc1SC. The number of nitrogens with one attached hydrogen (secondary N) is 1. The fraction of sp³-hybridized carbons (Fsp3) is 0.500.